The van der Waals surface area contributed by atoms with Gasteiger partial charge < -0.3 is 5.32 Å². The molecule has 3 heteroatoms. The highest BCUT2D eigenvalue weighted by Crippen LogP contribution is 2.18. The van der Waals surface area contributed by atoms with Crippen LogP contribution in [0.2, 0.25) is 0 Å². The predicted molar refractivity (Wildman–Crippen MR) is 30.4 cm³/mol. The minimum absolute atomic E-state index is 0.0378. The number of thiol groups is 1. The molecule has 40 valence electrons. The summed E-state index contributed by atoms with van der Waals surface area (Å²) in [5, 5.41) is 2.58. The highest BCUT2D eigenvalue weighted by molar-refractivity contribution is 7.82. The molecule has 1 heterocycles. The van der Waals surface area contributed by atoms with Gasteiger partial charge >= 0.3 is 0 Å². The summed E-state index contributed by atoms with van der Waals surface area (Å²) in [5.41, 5.74) is 0. The quantitative estimate of drug-likeness (QED) is 0.334. The molecule has 1 unspecified atom stereocenters. The third-order valence-corrected chi connectivity index (χ3v) is 1.44. The molecule has 1 fully saturated rings. The minimum atomic E-state index is -0.375. The second kappa shape index (κ2) is 1.15. The normalized spacial score (nSPS) is 39.4. The van der Waals surface area contributed by atoms with Crippen molar-refractivity contribution >= 4 is 18.5 Å². The van der Waals surface area contributed by atoms with Crippen LogP contribution in [0.4, 0.5) is 0 Å². The molecule has 1 atom stereocenters. The van der Waals surface area contributed by atoms with Crippen LogP contribution in [-0.2, 0) is 4.79 Å². The van der Waals surface area contributed by atoms with Crippen molar-refractivity contribution in [1.82, 2.24) is 5.32 Å². The first-order valence-corrected chi connectivity index (χ1v) is 2.58. The van der Waals surface area contributed by atoms with Crippen LogP contribution in [0.5, 0.6) is 0 Å². The van der Waals surface area contributed by atoms with Crippen LogP contribution in [0, 0.1) is 0 Å². The van der Waals surface area contributed by atoms with E-state index in [-0.39, 0.29) is 10.7 Å². The Labute approximate surface area is 47.7 Å². The van der Waals surface area contributed by atoms with Crippen LogP contribution in [0.1, 0.15) is 6.92 Å². The number of hydrogen-bond acceptors (Lipinski definition) is 2. The maximum absolute atomic E-state index is 10.4. The molecule has 1 N–H and O–H groups in total. The van der Waals surface area contributed by atoms with Crippen molar-refractivity contribution in [3.8, 4) is 0 Å². The topological polar surface area (TPSA) is 29.1 Å². The van der Waals surface area contributed by atoms with Gasteiger partial charge in [-0.1, -0.05) is 0 Å². The van der Waals surface area contributed by atoms with Gasteiger partial charge in [-0.05, 0) is 6.92 Å². The van der Waals surface area contributed by atoms with E-state index in [0.717, 1.165) is 0 Å². The smallest absolute Gasteiger partial charge is 0.237 e. The zero-order valence-corrected chi connectivity index (χ0v) is 4.96. The first-order valence-electron chi connectivity index (χ1n) is 2.13. The zero-order valence-electron chi connectivity index (χ0n) is 4.06. The molecular weight excluding hydrogens is 110 g/mol. The molecule has 2 nitrogen and oxygen atoms in total. The van der Waals surface area contributed by atoms with E-state index in [0.29, 0.717) is 6.54 Å². The molecule has 7 heavy (non-hydrogen) atoms. The molecule has 0 radical (unpaired) electrons. The Balaban J connectivity index is 2.59. The van der Waals surface area contributed by atoms with Crippen molar-refractivity contribution in [3.05, 3.63) is 0 Å². The van der Waals surface area contributed by atoms with Crippen LogP contribution in [0.25, 0.3) is 0 Å². The van der Waals surface area contributed by atoms with E-state index in [1.165, 1.54) is 0 Å². The SMILES string of the molecule is CC1(S)CNC1=O. The number of rotatable bonds is 0. The van der Waals surface area contributed by atoms with Gasteiger partial charge in [-0.3, -0.25) is 4.79 Å². The number of hydrogen-bond donors (Lipinski definition) is 2. The lowest BCUT2D eigenvalue weighted by molar-refractivity contribution is -0.128. The third kappa shape index (κ3) is 0.608. The number of carbonyl (C=O) groups excluding carboxylic acids is 1. The van der Waals surface area contributed by atoms with Crippen molar-refractivity contribution in [2.24, 2.45) is 0 Å². The third-order valence-electron chi connectivity index (χ3n) is 1.08. The molecule has 0 bridgehead atoms. The fourth-order valence-corrected chi connectivity index (χ4v) is 0.575. The van der Waals surface area contributed by atoms with E-state index in [4.69, 9.17) is 0 Å². The van der Waals surface area contributed by atoms with Crippen LogP contribution < -0.4 is 5.32 Å². The van der Waals surface area contributed by atoms with Crippen LogP contribution in [-0.4, -0.2) is 17.2 Å². The standard InChI is InChI=1S/C4H7NOS/c1-4(7)2-5-3(4)6/h7H,2H2,1H3,(H,5,6). The summed E-state index contributed by atoms with van der Waals surface area (Å²) in [5.74, 6) is 0.0378. The van der Waals surface area contributed by atoms with Crippen LogP contribution in [0.3, 0.4) is 0 Å². The molecule has 0 aromatic carbocycles. The molecule has 1 aliphatic rings. The number of carbonyl (C=O) groups is 1. The fourth-order valence-electron chi connectivity index (χ4n) is 0.416. The first-order chi connectivity index (χ1) is 3.13. The van der Waals surface area contributed by atoms with Crippen LogP contribution >= 0.6 is 12.6 Å². The molecule has 0 aromatic heterocycles. The second-order valence-electron chi connectivity index (χ2n) is 1.96. The predicted octanol–water partition coefficient (Wildman–Crippen LogP) is -0.195. The van der Waals surface area contributed by atoms with Crippen molar-refractivity contribution in [2.45, 2.75) is 11.7 Å². The van der Waals surface area contributed by atoms with Gasteiger partial charge in [0.2, 0.25) is 5.91 Å². The highest BCUT2D eigenvalue weighted by Gasteiger charge is 2.37. The van der Waals surface area contributed by atoms with E-state index < -0.39 is 0 Å². The number of β-lactam (4-membered cyclic amide) rings is 1. The van der Waals surface area contributed by atoms with Gasteiger partial charge in [0, 0.05) is 6.54 Å². The summed E-state index contributed by atoms with van der Waals surface area (Å²) >= 11 is 4.02. The van der Waals surface area contributed by atoms with Crippen molar-refractivity contribution < 1.29 is 4.79 Å². The van der Waals surface area contributed by atoms with Gasteiger partial charge in [-0.25, -0.2) is 0 Å². The van der Waals surface area contributed by atoms with E-state index in [9.17, 15) is 4.79 Å². The van der Waals surface area contributed by atoms with Gasteiger partial charge in [0.15, 0.2) is 0 Å². The number of amides is 1. The Morgan fingerprint density at radius 1 is 2.00 bits per heavy atom. The largest absolute Gasteiger partial charge is 0.353 e. The molecule has 1 amide bonds. The molecule has 0 aliphatic carbocycles. The summed E-state index contributed by atoms with van der Waals surface area (Å²) in [6.45, 7) is 2.50. The first kappa shape index (κ1) is 4.97. The molecule has 0 saturated carbocycles. The summed E-state index contributed by atoms with van der Waals surface area (Å²) in [6, 6.07) is 0. The Kier molecular flexibility index (Phi) is 0.819. The van der Waals surface area contributed by atoms with E-state index in [2.05, 4.69) is 17.9 Å². The Hall–Kier alpha value is -0.180. The lowest BCUT2D eigenvalue weighted by atomic mass is 10.0. The summed E-state index contributed by atoms with van der Waals surface area (Å²) in [7, 11) is 0. The lowest BCUT2D eigenvalue weighted by Gasteiger charge is -2.32. The van der Waals surface area contributed by atoms with E-state index in [1.54, 1.807) is 6.92 Å². The average Bonchev–Trinajstić information content (AvgIpc) is 1.63. The van der Waals surface area contributed by atoms with E-state index in [1.807, 2.05) is 0 Å². The summed E-state index contributed by atoms with van der Waals surface area (Å²) in [6.07, 6.45) is 0. The average molecular weight is 117 g/mol. The summed E-state index contributed by atoms with van der Waals surface area (Å²) in [4.78, 5) is 10.4. The zero-order chi connectivity index (χ0) is 5.49. The lowest BCUT2D eigenvalue weighted by Crippen LogP contribution is -2.59. The minimum Gasteiger partial charge on any atom is -0.353 e. The van der Waals surface area contributed by atoms with Gasteiger partial charge in [0.25, 0.3) is 0 Å². The molecule has 0 aromatic rings. The van der Waals surface area contributed by atoms with Crippen molar-refractivity contribution in [2.75, 3.05) is 6.54 Å². The van der Waals surface area contributed by atoms with Crippen molar-refractivity contribution in [1.29, 1.82) is 0 Å². The fraction of sp³-hybridized carbons (Fsp3) is 0.750. The van der Waals surface area contributed by atoms with Gasteiger partial charge in [-0.2, -0.15) is 12.6 Å². The summed E-state index contributed by atoms with van der Waals surface area (Å²) < 4.78 is -0.375. The number of nitrogens with one attached hydrogen (secondary N) is 1. The second-order valence-corrected chi connectivity index (χ2v) is 2.94. The maximum atomic E-state index is 10.4. The molecule has 1 aliphatic heterocycles. The molecule has 1 saturated heterocycles. The Bertz CT molecular complexity index is 110. The van der Waals surface area contributed by atoms with Gasteiger partial charge in [0.05, 0.1) is 0 Å². The Morgan fingerprint density at radius 2 is 2.43 bits per heavy atom. The highest BCUT2D eigenvalue weighted by atomic mass is 32.1. The maximum Gasteiger partial charge on any atom is 0.237 e. The van der Waals surface area contributed by atoms with Crippen molar-refractivity contribution in [3.63, 3.8) is 0 Å². The molecular formula is C4H7NOS. The Morgan fingerprint density at radius 3 is 2.43 bits per heavy atom. The molecule has 1 rings (SSSR count). The van der Waals surface area contributed by atoms with Crippen LogP contribution in [0.15, 0.2) is 0 Å². The van der Waals surface area contributed by atoms with Gasteiger partial charge in [0.1, 0.15) is 4.75 Å². The van der Waals surface area contributed by atoms with Gasteiger partial charge in [-0.15, -0.1) is 0 Å². The monoisotopic (exact) mass is 117 g/mol. The molecule has 0 spiro atoms. The van der Waals surface area contributed by atoms with E-state index >= 15 is 0 Å².